The Balaban J connectivity index is 3.06. The Bertz CT molecular complexity index is 297. The Kier molecular flexibility index (Phi) is 14.1. The summed E-state index contributed by atoms with van der Waals surface area (Å²) in [7, 11) is 0. The Hall–Kier alpha value is -1.32. The number of unbranched alkanes of at least 4 members (excludes halogenated alkanes) is 11. The van der Waals surface area contributed by atoms with Gasteiger partial charge in [0.1, 0.15) is 0 Å². The number of hydrogen-bond donors (Lipinski definition) is 2. The van der Waals surface area contributed by atoms with E-state index in [1.165, 1.54) is 51.0 Å². The van der Waals surface area contributed by atoms with Crippen molar-refractivity contribution in [3.8, 4) is 0 Å². The van der Waals surface area contributed by atoms with Crippen molar-refractivity contribution in [1.29, 1.82) is 0 Å². The topological polar surface area (TPSA) is 74.6 Å². The van der Waals surface area contributed by atoms with Crippen LogP contribution in [-0.2, 0) is 9.59 Å². The standard InChI is InChI=1S/C17H30O4/c18-16(19)14-12-10-8-6-4-2-1-3-5-7-9-11-13-15-17(20)21/h12,14H,1-11,13,15H2,(H,18,19)(H,20,21). The molecule has 0 saturated heterocycles. The SMILES string of the molecule is O=C(O)C=CCCCCCCCCCCCCCC(=O)O. The molecule has 21 heavy (non-hydrogen) atoms. The van der Waals surface area contributed by atoms with Gasteiger partial charge in [-0.2, -0.15) is 0 Å². The van der Waals surface area contributed by atoms with E-state index in [4.69, 9.17) is 10.2 Å². The third kappa shape index (κ3) is 18.7. The number of carbonyl (C=O) groups is 2. The number of carboxylic acids is 2. The minimum absolute atomic E-state index is 0.307. The molecule has 122 valence electrons. The van der Waals surface area contributed by atoms with Crippen LogP contribution in [0.1, 0.15) is 83.5 Å². The van der Waals surface area contributed by atoms with Crippen molar-refractivity contribution in [2.75, 3.05) is 0 Å². The monoisotopic (exact) mass is 298 g/mol. The van der Waals surface area contributed by atoms with Crippen LogP contribution < -0.4 is 0 Å². The number of rotatable bonds is 15. The van der Waals surface area contributed by atoms with E-state index in [1.54, 1.807) is 6.08 Å². The summed E-state index contributed by atoms with van der Waals surface area (Å²) in [6.45, 7) is 0. The molecule has 0 amide bonds. The molecule has 2 N–H and O–H groups in total. The van der Waals surface area contributed by atoms with Crippen LogP contribution in [0.25, 0.3) is 0 Å². The first-order chi connectivity index (χ1) is 10.1. The summed E-state index contributed by atoms with van der Waals surface area (Å²) in [4.78, 5) is 20.6. The molecule has 0 saturated carbocycles. The maximum Gasteiger partial charge on any atom is 0.327 e. The smallest absolute Gasteiger partial charge is 0.327 e. The lowest BCUT2D eigenvalue weighted by Gasteiger charge is -2.02. The summed E-state index contributed by atoms with van der Waals surface area (Å²) < 4.78 is 0. The van der Waals surface area contributed by atoms with Gasteiger partial charge >= 0.3 is 11.9 Å². The van der Waals surface area contributed by atoms with Gasteiger partial charge in [0.05, 0.1) is 0 Å². The molecule has 0 radical (unpaired) electrons. The molecule has 0 fully saturated rings. The normalized spacial score (nSPS) is 11.0. The van der Waals surface area contributed by atoms with Gasteiger partial charge in [-0.05, 0) is 19.3 Å². The summed E-state index contributed by atoms with van der Waals surface area (Å²) in [5, 5.41) is 16.9. The van der Waals surface area contributed by atoms with Crippen LogP contribution in [0.3, 0.4) is 0 Å². The van der Waals surface area contributed by atoms with Gasteiger partial charge in [-0.3, -0.25) is 4.79 Å². The van der Waals surface area contributed by atoms with Gasteiger partial charge in [-0.1, -0.05) is 63.9 Å². The van der Waals surface area contributed by atoms with Crippen LogP contribution in [0.2, 0.25) is 0 Å². The van der Waals surface area contributed by atoms with E-state index >= 15 is 0 Å². The average Bonchev–Trinajstić information content (AvgIpc) is 2.42. The molecule has 0 atom stereocenters. The zero-order chi connectivity index (χ0) is 15.8. The van der Waals surface area contributed by atoms with Gasteiger partial charge in [-0.25, -0.2) is 4.79 Å². The largest absolute Gasteiger partial charge is 0.481 e. The second-order valence-electron chi connectivity index (χ2n) is 5.56. The van der Waals surface area contributed by atoms with Crippen LogP contribution in [0.5, 0.6) is 0 Å². The zero-order valence-electron chi connectivity index (χ0n) is 13.1. The van der Waals surface area contributed by atoms with Crippen molar-refractivity contribution < 1.29 is 19.8 Å². The van der Waals surface area contributed by atoms with Crippen molar-refractivity contribution in [3.05, 3.63) is 12.2 Å². The Labute approximate surface area is 128 Å². The van der Waals surface area contributed by atoms with Gasteiger partial charge in [0, 0.05) is 12.5 Å². The molecule has 0 aromatic heterocycles. The molecule has 0 aromatic carbocycles. The van der Waals surface area contributed by atoms with Gasteiger partial charge in [-0.15, -0.1) is 0 Å². The molecular weight excluding hydrogens is 268 g/mol. The highest BCUT2D eigenvalue weighted by molar-refractivity contribution is 5.79. The molecule has 0 aliphatic heterocycles. The van der Waals surface area contributed by atoms with Crippen molar-refractivity contribution in [2.45, 2.75) is 83.5 Å². The van der Waals surface area contributed by atoms with E-state index in [0.29, 0.717) is 6.42 Å². The second kappa shape index (κ2) is 15.1. The molecule has 0 bridgehead atoms. The first kappa shape index (κ1) is 19.7. The number of carboxylic acid groups (broad SMARTS) is 2. The highest BCUT2D eigenvalue weighted by atomic mass is 16.4. The lowest BCUT2D eigenvalue weighted by molar-refractivity contribution is -0.137. The van der Waals surface area contributed by atoms with E-state index in [-0.39, 0.29) is 0 Å². The quantitative estimate of drug-likeness (QED) is 0.337. The third-order valence-electron chi connectivity index (χ3n) is 3.52. The molecular formula is C17H30O4. The number of allylic oxidation sites excluding steroid dienone is 1. The molecule has 4 nitrogen and oxygen atoms in total. The molecule has 0 unspecified atom stereocenters. The van der Waals surface area contributed by atoms with Gasteiger partial charge in [0.2, 0.25) is 0 Å². The van der Waals surface area contributed by atoms with E-state index < -0.39 is 11.9 Å². The van der Waals surface area contributed by atoms with Crippen LogP contribution in [0, 0.1) is 0 Å². The predicted molar refractivity (Wildman–Crippen MR) is 84.4 cm³/mol. The maximum absolute atomic E-state index is 10.3. The van der Waals surface area contributed by atoms with Crippen LogP contribution in [0.15, 0.2) is 12.2 Å². The molecule has 4 heteroatoms. The Morgan fingerprint density at radius 2 is 1.10 bits per heavy atom. The minimum atomic E-state index is -0.863. The van der Waals surface area contributed by atoms with Crippen molar-refractivity contribution in [1.82, 2.24) is 0 Å². The fourth-order valence-electron chi connectivity index (χ4n) is 2.31. The molecule has 0 aliphatic carbocycles. The summed E-state index contributed by atoms with van der Waals surface area (Å²) in [6.07, 6.45) is 16.9. The Morgan fingerprint density at radius 1 is 0.667 bits per heavy atom. The first-order valence-electron chi connectivity index (χ1n) is 8.24. The lowest BCUT2D eigenvalue weighted by Crippen LogP contribution is -1.93. The fourth-order valence-corrected chi connectivity index (χ4v) is 2.31. The van der Waals surface area contributed by atoms with Crippen LogP contribution in [-0.4, -0.2) is 22.2 Å². The van der Waals surface area contributed by atoms with Crippen molar-refractivity contribution >= 4 is 11.9 Å². The van der Waals surface area contributed by atoms with E-state index in [1.807, 2.05) is 0 Å². The highest BCUT2D eigenvalue weighted by Gasteiger charge is 1.96. The van der Waals surface area contributed by atoms with Gasteiger partial charge in [0.25, 0.3) is 0 Å². The number of hydrogen-bond acceptors (Lipinski definition) is 2. The Morgan fingerprint density at radius 3 is 1.52 bits per heavy atom. The summed E-state index contributed by atoms with van der Waals surface area (Å²) in [5.74, 6) is -1.55. The van der Waals surface area contributed by atoms with Crippen molar-refractivity contribution in [3.63, 3.8) is 0 Å². The molecule has 0 spiro atoms. The molecule has 0 aliphatic rings. The summed E-state index contributed by atoms with van der Waals surface area (Å²) >= 11 is 0. The summed E-state index contributed by atoms with van der Waals surface area (Å²) in [5.41, 5.74) is 0. The molecule has 0 rings (SSSR count). The second-order valence-corrected chi connectivity index (χ2v) is 5.56. The predicted octanol–water partition coefficient (Wildman–Crippen LogP) is 4.78. The highest BCUT2D eigenvalue weighted by Crippen LogP contribution is 2.12. The lowest BCUT2D eigenvalue weighted by atomic mass is 10.0. The van der Waals surface area contributed by atoms with E-state index in [0.717, 1.165) is 32.1 Å². The van der Waals surface area contributed by atoms with E-state index in [2.05, 4.69) is 0 Å². The maximum atomic E-state index is 10.3. The van der Waals surface area contributed by atoms with Crippen LogP contribution >= 0.6 is 0 Å². The fraction of sp³-hybridized carbons (Fsp3) is 0.765. The van der Waals surface area contributed by atoms with E-state index in [9.17, 15) is 9.59 Å². The molecule has 0 aromatic rings. The van der Waals surface area contributed by atoms with Crippen LogP contribution in [0.4, 0.5) is 0 Å². The first-order valence-corrected chi connectivity index (χ1v) is 8.24. The minimum Gasteiger partial charge on any atom is -0.481 e. The average molecular weight is 298 g/mol. The zero-order valence-corrected chi connectivity index (χ0v) is 13.1. The number of aliphatic carboxylic acids is 2. The summed E-state index contributed by atoms with van der Waals surface area (Å²) in [6, 6.07) is 0. The van der Waals surface area contributed by atoms with Crippen molar-refractivity contribution in [2.24, 2.45) is 0 Å². The molecule has 0 heterocycles. The van der Waals surface area contributed by atoms with Gasteiger partial charge < -0.3 is 10.2 Å². The van der Waals surface area contributed by atoms with Gasteiger partial charge in [0.15, 0.2) is 0 Å². The third-order valence-corrected chi connectivity index (χ3v) is 3.52.